The normalized spacial score (nSPS) is 20.5. The summed E-state index contributed by atoms with van der Waals surface area (Å²) < 4.78 is 50.3. The highest BCUT2D eigenvalue weighted by molar-refractivity contribution is 7.92. The first-order valence-electron chi connectivity index (χ1n) is 12.0. The molecule has 2 aliphatic rings. The Morgan fingerprint density at radius 2 is 1.71 bits per heavy atom. The van der Waals surface area contributed by atoms with Gasteiger partial charge in [-0.25, -0.2) is 16.8 Å². The lowest BCUT2D eigenvalue weighted by Gasteiger charge is -2.36. The highest BCUT2D eigenvalue weighted by atomic mass is 32.2. The highest BCUT2D eigenvalue weighted by Gasteiger charge is 2.33. The Morgan fingerprint density at radius 3 is 2.26 bits per heavy atom. The number of rotatable bonds is 6. The van der Waals surface area contributed by atoms with Crippen LogP contribution in [-0.2, 0) is 30.9 Å². The molecule has 3 heterocycles. The molecule has 2 aromatic rings. The van der Waals surface area contributed by atoms with E-state index in [2.05, 4.69) is 10.00 Å². The number of amides is 1. The van der Waals surface area contributed by atoms with Crippen LogP contribution >= 0.6 is 0 Å². The van der Waals surface area contributed by atoms with Crippen molar-refractivity contribution in [1.82, 2.24) is 14.7 Å². The molecule has 1 aromatic carbocycles. The van der Waals surface area contributed by atoms with Crippen LogP contribution in [0.4, 0.5) is 5.69 Å². The third kappa shape index (κ3) is 5.25. The molecule has 1 aromatic heterocycles. The minimum Gasteiger partial charge on any atom is -0.365 e. The van der Waals surface area contributed by atoms with Crippen molar-refractivity contribution in [2.75, 3.05) is 42.6 Å². The second-order valence-corrected chi connectivity index (χ2v) is 14.5. The number of benzene rings is 1. The highest BCUT2D eigenvalue weighted by Crippen LogP contribution is 2.31. The Hall–Kier alpha value is -2.40. The second-order valence-electron chi connectivity index (χ2n) is 9.80. The Bertz CT molecular complexity index is 1310. The lowest BCUT2D eigenvalue weighted by molar-refractivity contribution is -0.130. The number of aromatic nitrogens is 2. The average Bonchev–Trinajstić information content (AvgIpc) is 3.31. The fourth-order valence-electron chi connectivity index (χ4n) is 4.97. The molecular weight excluding hydrogens is 488 g/mol. The molecule has 1 atom stereocenters. The van der Waals surface area contributed by atoms with Gasteiger partial charge in [0, 0.05) is 26.2 Å². The minimum absolute atomic E-state index is 0.0180. The maximum Gasteiger partial charge on any atom is 0.227 e. The maximum atomic E-state index is 12.9. The number of piperazine rings is 1. The summed E-state index contributed by atoms with van der Waals surface area (Å²) in [6, 6.07) is 6.47. The van der Waals surface area contributed by atoms with E-state index in [1.807, 2.05) is 23.4 Å². The zero-order valence-electron chi connectivity index (χ0n) is 20.8. The van der Waals surface area contributed by atoms with Crippen LogP contribution in [-0.4, -0.2) is 80.4 Å². The first-order chi connectivity index (χ1) is 16.4. The quantitative estimate of drug-likeness (QED) is 0.570. The molecule has 0 spiro atoms. The Labute approximate surface area is 207 Å². The summed E-state index contributed by atoms with van der Waals surface area (Å²) in [7, 11) is -6.32. The van der Waals surface area contributed by atoms with Gasteiger partial charge in [0.05, 0.1) is 51.2 Å². The summed E-state index contributed by atoms with van der Waals surface area (Å²) in [5.41, 5.74) is 3.67. The summed E-state index contributed by atoms with van der Waals surface area (Å²) in [5.74, 6) is 0.369. The van der Waals surface area contributed by atoms with Crippen molar-refractivity contribution in [2.24, 2.45) is 0 Å². The van der Waals surface area contributed by atoms with Crippen molar-refractivity contribution < 1.29 is 21.6 Å². The predicted molar refractivity (Wildman–Crippen MR) is 135 cm³/mol. The largest absolute Gasteiger partial charge is 0.365 e. The van der Waals surface area contributed by atoms with Gasteiger partial charge in [0.2, 0.25) is 5.91 Å². The van der Waals surface area contributed by atoms with Gasteiger partial charge in [0.1, 0.15) is 0 Å². The van der Waals surface area contributed by atoms with E-state index in [0.717, 1.165) is 22.6 Å². The van der Waals surface area contributed by atoms with Gasteiger partial charge in [-0.3, -0.25) is 9.48 Å². The van der Waals surface area contributed by atoms with Crippen molar-refractivity contribution in [3.63, 3.8) is 0 Å². The molecule has 2 fully saturated rings. The van der Waals surface area contributed by atoms with Crippen LogP contribution in [0.2, 0.25) is 0 Å². The van der Waals surface area contributed by atoms with Crippen molar-refractivity contribution >= 4 is 31.3 Å². The van der Waals surface area contributed by atoms with Crippen molar-refractivity contribution in [2.45, 2.75) is 56.7 Å². The number of nitrogens with zero attached hydrogens (tertiary/aromatic N) is 4. The van der Waals surface area contributed by atoms with Gasteiger partial charge in [0.15, 0.2) is 19.7 Å². The average molecular weight is 523 g/mol. The number of anilines is 1. The zero-order valence-corrected chi connectivity index (χ0v) is 22.4. The van der Waals surface area contributed by atoms with E-state index in [0.29, 0.717) is 32.6 Å². The summed E-state index contributed by atoms with van der Waals surface area (Å²) >= 11 is 0. The summed E-state index contributed by atoms with van der Waals surface area (Å²) in [6.45, 7) is 9.76. The van der Waals surface area contributed by atoms with Crippen LogP contribution in [0.3, 0.4) is 0 Å². The van der Waals surface area contributed by atoms with E-state index >= 15 is 0 Å². The van der Waals surface area contributed by atoms with E-state index in [1.54, 1.807) is 38.1 Å². The van der Waals surface area contributed by atoms with E-state index in [-0.39, 0.29) is 34.8 Å². The van der Waals surface area contributed by atoms with Gasteiger partial charge in [-0.15, -0.1) is 0 Å². The topological polar surface area (TPSA) is 110 Å². The van der Waals surface area contributed by atoms with Gasteiger partial charge in [-0.1, -0.05) is 12.1 Å². The van der Waals surface area contributed by atoms with Crippen molar-refractivity contribution in [3.8, 4) is 0 Å². The summed E-state index contributed by atoms with van der Waals surface area (Å²) in [4.78, 5) is 17.2. The molecule has 1 amide bonds. The van der Waals surface area contributed by atoms with Gasteiger partial charge in [0.25, 0.3) is 0 Å². The Morgan fingerprint density at radius 1 is 1.09 bits per heavy atom. The second kappa shape index (κ2) is 9.57. The minimum atomic E-state index is -3.33. The third-order valence-electron chi connectivity index (χ3n) is 7.02. The maximum absolute atomic E-state index is 12.9. The van der Waals surface area contributed by atoms with Crippen LogP contribution in [0, 0.1) is 13.8 Å². The van der Waals surface area contributed by atoms with Crippen molar-refractivity contribution in [3.05, 3.63) is 41.2 Å². The number of carbonyl (C=O) groups excluding carboxylic acids is 1. The zero-order chi connectivity index (χ0) is 25.5. The van der Waals surface area contributed by atoms with Crippen LogP contribution in [0.1, 0.15) is 43.3 Å². The van der Waals surface area contributed by atoms with E-state index in [9.17, 15) is 21.6 Å². The SMILES string of the molecule is Cc1nn(C2CCS(=O)(=O)C2)c(C)c1N1CCN(C(=O)Cc2ccc(S(=O)(=O)C(C)C)cc2)CC1. The van der Waals surface area contributed by atoms with E-state index in [4.69, 9.17) is 0 Å². The van der Waals surface area contributed by atoms with E-state index in [1.165, 1.54) is 0 Å². The van der Waals surface area contributed by atoms with Gasteiger partial charge >= 0.3 is 0 Å². The molecule has 35 heavy (non-hydrogen) atoms. The monoisotopic (exact) mass is 522 g/mol. The first kappa shape index (κ1) is 25.7. The van der Waals surface area contributed by atoms with Gasteiger partial charge in [-0.2, -0.15) is 5.10 Å². The standard InChI is InChI=1S/C24H34N4O5S2/c1-17(2)35(32,33)22-7-5-20(6-8-22)15-23(29)26-10-12-27(13-11-26)24-18(3)25-28(19(24)4)21-9-14-34(30,31)16-21/h5-8,17,21H,9-16H2,1-4H3. The van der Waals surface area contributed by atoms with Gasteiger partial charge < -0.3 is 9.80 Å². The van der Waals surface area contributed by atoms with Crippen LogP contribution in [0.15, 0.2) is 29.2 Å². The first-order valence-corrected chi connectivity index (χ1v) is 15.4. The molecule has 0 N–H and O–H groups in total. The summed E-state index contributed by atoms with van der Waals surface area (Å²) in [5, 5.41) is 4.18. The number of hydrogen-bond donors (Lipinski definition) is 0. The molecular formula is C24H34N4O5S2. The molecule has 11 heteroatoms. The van der Waals surface area contributed by atoms with Crippen LogP contribution in [0.5, 0.6) is 0 Å². The number of sulfone groups is 2. The smallest absolute Gasteiger partial charge is 0.227 e. The summed E-state index contributed by atoms with van der Waals surface area (Å²) in [6.07, 6.45) is 0.824. The Balaban J connectivity index is 1.37. The molecule has 0 saturated carbocycles. The molecule has 0 bridgehead atoms. The molecule has 192 valence electrons. The lowest BCUT2D eigenvalue weighted by atomic mass is 10.1. The molecule has 9 nitrogen and oxygen atoms in total. The predicted octanol–water partition coefficient (Wildman–Crippen LogP) is 1.93. The third-order valence-corrected chi connectivity index (χ3v) is 10.9. The molecule has 0 radical (unpaired) electrons. The molecule has 2 aliphatic heterocycles. The fourth-order valence-corrected chi connectivity index (χ4v) is 7.72. The molecule has 1 unspecified atom stereocenters. The molecule has 0 aliphatic carbocycles. The van der Waals surface area contributed by atoms with Crippen LogP contribution in [0.25, 0.3) is 0 Å². The fraction of sp³-hybridized carbons (Fsp3) is 0.583. The molecule has 4 rings (SSSR count). The number of aryl methyl sites for hydroxylation is 1. The number of hydrogen-bond acceptors (Lipinski definition) is 7. The van der Waals surface area contributed by atoms with Gasteiger partial charge in [-0.05, 0) is 51.8 Å². The number of carbonyl (C=O) groups is 1. The Kier molecular flexibility index (Phi) is 7.02. The molecule has 2 saturated heterocycles. The van der Waals surface area contributed by atoms with Crippen LogP contribution < -0.4 is 4.90 Å². The van der Waals surface area contributed by atoms with E-state index < -0.39 is 24.9 Å². The lowest BCUT2D eigenvalue weighted by Crippen LogP contribution is -2.49. The van der Waals surface area contributed by atoms with Crippen molar-refractivity contribution in [1.29, 1.82) is 0 Å².